The second kappa shape index (κ2) is 11.2. The van der Waals surface area contributed by atoms with Crippen molar-refractivity contribution in [2.24, 2.45) is 5.92 Å². The summed E-state index contributed by atoms with van der Waals surface area (Å²) in [5.41, 5.74) is 5.34. The first-order valence-electron chi connectivity index (χ1n) is 9.63. The highest BCUT2D eigenvalue weighted by Crippen LogP contribution is 2.22. The Bertz CT molecular complexity index is 909. The van der Waals surface area contributed by atoms with Crippen molar-refractivity contribution in [2.75, 3.05) is 14.2 Å². The van der Waals surface area contributed by atoms with E-state index in [1.807, 2.05) is 13.8 Å². The van der Waals surface area contributed by atoms with Gasteiger partial charge in [0.2, 0.25) is 0 Å². The number of rotatable bonds is 8. The molecule has 0 saturated heterocycles. The minimum atomic E-state index is -0.844. The van der Waals surface area contributed by atoms with Gasteiger partial charge in [0.15, 0.2) is 0 Å². The molecule has 3 N–H and O–H groups in total. The minimum Gasteiger partial charge on any atom is -0.497 e. The standard InChI is InChI=1S/C22H26ClN3O5/c1-13(2)9-19(24-20(27)14-5-7-16(23)8-6-14)22(29)26-25-21(28)15-10-17(30-3)12-18(11-15)31-4/h5-8,10-13,19H,9H2,1-4H3,(H,24,27)(H,25,28)(H,26,29). The zero-order valence-electron chi connectivity index (χ0n) is 17.8. The summed E-state index contributed by atoms with van der Waals surface area (Å²) in [5, 5.41) is 3.20. The molecule has 1 unspecified atom stereocenters. The third kappa shape index (κ3) is 7.18. The maximum atomic E-state index is 12.7. The minimum absolute atomic E-state index is 0.125. The maximum Gasteiger partial charge on any atom is 0.269 e. The van der Waals surface area contributed by atoms with Gasteiger partial charge in [-0.2, -0.15) is 0 Å². The third-order valence-corrected chi connectivity index (χ3v) is 4.60. The van der Waals surface area contributed by atoms with Crippen LogP contribution in [-0.4, -0.2) is 38.0 Å². The fourth-order valence-electron chi connectivity index (χ4n) is 2.76. The van der Waals surface area contributed by atoms with Crippen LogP contribution < -0.4 is 25.6 Å². The van der Waals surface area contributed by atoms with Crippen molar-refractivity contribution in [3.05, 3.63) is 58.6 Å². The van der Waals surface area contributed by atoms with E-state index < -0.39 is 23.8 Å². The molecule has 0 radical (unpaired) electrons. The lowest BCUT2D eigenvalue weighted by molar-refractivity contribution is -0.124. The molecule has 2 aromatic carbocycles. The van der Waals surface area contributed by atoms with Gasteiger partial charge in [-0.1, -0.05) is 25.4 Å². The van der Waals surface area contributed by atoms with Crippen LogP contribution in [-0.2, 0) is 4.79 Å². The Kier molecular flexibility index (Phi) is 8.69. The molecule has 0 aliphatic rings. The van der Waals surface area contributed by atoms with E-state index in [1.165, 1.54) is 26.4 Å². The molecular weight excluding hydrogens is 422 g/mol. The van der Waals surface area contributed by atoms with Gasteiger partial charge in [-0.05, 0) is 48.7 Å². The lowest BCUT2D eigenvalue weighted by Gasteiger charge is -2.20. The number of hydrogen-bond donors (Lipinski definition) is 3. The summed E-state index contributed by atoms with van der Waals surface area (Å²) in [6, 6.07) is 10.1. The predicted octanol–water partition coefficient (Wildman–Crippen LogP) is 2.96. The summed E-state index contributed by atoms with van der Waals surface area (Å²) in [5.74, 6) is -0.523. The van der Waals surface area contributed by atoms with Gasteiger partial charge in [0.1, 0.15) is 17.5 Å². The number of hydrazine groups is 1. The number of benzene rings is 2. The Hall–Kier alpha value is -3.26. The molecule has 0 aromatic heterocycles. The van der Waals surface area contributed by atoms with Gasteiger partial charge in [-0.25, -0.2) is 0 Å². The summed E-state index contributed by atoms with van der Waals surface area (Å²) in [6.45, 7) is 3.85. The summed E-state index contributed by atoms with van der Waals surface area (Å²) >= 11 is 5.85. The monoisotopic (exact) mass is 447 g/mol. The fraction of sp³-hybridized carbons (Fsp3) is 0.318. The lowest BCUT2D eigenvalue weighted by Crippen LogP contribution is -2.52. The van der Waals surface area contributed by atoms with E-state index in [0.29, 0.717) is 28.5 Å². The molecule has 0 heterocycles. The molecule has 31 heavy (non-hydrogen) atoms. The van der Waals surface area contributed by atoms with Crippen LogP contribution in [0.2, 0.25) is 5.02 Å². The number of carbonyl (C=O) groups is 3. The molecule has 1 atom stereocenters. The molecule has 2 aromatic rings. The molecule has 0 aliphatic heterocycles. The van der Waals surface area contributed by atoms with Crippen molar-refractivity contribution < 1.29 is 23.9 Å². The van der Waals surface area contributed by atoms with Crippen LogP contribution in [0.5, 0.6) is 11.5 Å². The largest absolute Gasteiger partial charge is 0.497 e. The Morgan fingerprint density at radius 1 is 0.871 bits per heavy atom. The quantitative estimate of drug-likeness (QED) is 0.539. The number of carbonyl (C=O) groups excluding carboxylic acids is 3. The Balaban J connectivity index is 2.05. The average molecular weight is 448 g/mol. The first-order chi connectivity index (χ1) is 14.7. The fourth-order valence-corrected chi connectivity index (χ4v) is 2.89. The lowest BCUT2D eigenvalue weighted by atomic mass is 10.0. The smallest absolute Gasteiger partial charge is 0.269 e. The number of amides is 3. The van der Waals surface area contributed by atoms with Crippen molar-refractivity contribution in [1.29, 1.82) is 0 Å². The molecule has 9 heteroatoms. The van der Waals surface area contributed by atoms with Crippen LogP contribution in [0.4, 0.5) is 0 Å². The molecule has 166 valence electrons. The van der Waals surface area contributed by atoms with E-state index in [-0.39, 0.29) is 11.5 Å². The highest BCUT2D eigenvalue weighted by atomic mass is 35.5. The third-order valence-electron chi connectivity index (χ3n) is 4.35. The van der Waals surface area contributed by atoms with Gasteiger partial charge in [0, 0.05) is 22.2 Å². The van der Waals surface area contributed by atoms with Gasteiger partial charge in [0.05, 0.1) is 14.2 Å². The highest BCUT2D eigenvalue weighted by Gasteiger charge is 2.23. The van der Waals surface area contributed by atoms with Crippen molar-refractivity contribution in [3.8, 4) is 11.5 Å². The number of hydrogen-bond acceptors (Lipinski definition) is 5. The zero-order chi connectivity index (χ0) is 23.0. The van der Waals surface area contributed by atoms with Crippen LogP contribution in [0.25, 0.3) is 0 Å². The molecule has 3 amide bonds. The molecule has 0 fully saturated rings. The van der Waals surface area contributed by atoms with E-state index in [1.54, 1.807) is 30.3 Å². The summed E-state index contributed by atoms with van der Waals surface area (Å²) in [7, 11) is 2.94. The van der Waals surface area contributed by atoms with E-state index >= 15 is 0 Å². The van der Waals surface area contributed by atoms with Crippen LogP contribution in [0.3, 0.4) is 0 Å². The SMILES string of the molecule is COc1cc(OC)cc(C(=O)NNC(=O)C(CC(C)C)NC(=O)c2ccc(Cl)cc2)c1. The van der Waals surface area contributed by atoms with E-state index in [4.69, 9.17) is 21.1 Å². The average Bonchev–Trinajstić information content (AvgIpc) is 2.76. The van der Waals surface area contributed by atoms with Crippen LogP contribution in [0.15, 0.2) is 42.5 Å². The van der Waals surface area contributed by atoms with Crippen LogP contribution >= 0.6 is 11.6 Å². The first-order valence-corrected chi connectivity index (χ1v) is 10.0. The number of ether oxygens (including phenoxy) is 2. The highest BCUT2D eigenvalue weighted by molar-refractivity contribution is 6.30. The van der Waals surface area contributed by atoms with Crippen molar-refractivity contribution in [2.45, 2.75) is 26.3 Å². The second-order valence-electron chi connectivity index (χ2n) is 7.21. The first kappa shape index (κ1) is 24.0. The van der Waals surface area contributed by atoms with Gasteiger partial charge in [-0.3, -0.25) is 25.2 Å². The number of methoxy groups -OCH3 is 2. The van der Waals surface area contributed by atoms with Gasteiger partial charge < -0.3 is 14.8 Å². The number of halogens is 1. The molecule has 0 spiro atoms. The van der Waals surface area contributed by atoms with Crippen molar-refractivity contribution >= 4 is 29.3 Å². The summed E-state index contributed by atoms with van der Waals surface area (Å²) in [4.78, 5) is 37.6. The second-order valence-corrected chi connectivity index (χ2v) is 7.64. The van der Waals surface area contributed by atoms with Crippen molar-refractivity contribution in [3.63, 3.8) is 0 Å². The Morgan fingerprint density at radius 3 is 1.97 bits per heavy atom. The molecule has 0 bridgehead atoms. The van der Waals surface area contributed by atoms with Gasteiger partial charge in [-0.15, -0.1) is 0 Å². The van der Waals surface area contributed by atoms with Crippen molar-refractivity contribution in [1.82, 2.24) is 16.2 Å². The molecule has 8 nitrogen and oxygen atoms in total. The number of nitrogens with one attached hydrogen (secondary N) is 3. The van der Waals surface area contributed by atoms with E-state index in [2.05, 4.69) is 16.2 Å². The normalized spacial score (nSPS) is 11.4. The summed E-state index contributed by atoms with van der Waals surface area (Å²) in [6.07, 6.45) is 0.383. The molecule has 0 saturated carbocycles. The topological polar surface area (TPSA) is 106 Å². The van der Waals surface area contributed by atoms with Gasteiger partial charge >= 0.3 is 0 Å². The Morgan fingerprint density at radius 2 is 1.45 bits per heavy atom. The van der Waals surface area contributed by atoms with Gasteiger partial charge in [0.25, 0.3) is 17.7 Å². The zero-order valence-corrected chi connectivity index (χ0v) is 18.6. The Labute approximate surface area is 186 Å². The summed E-state index contributed by atoms with van der Waals surface area (Å²) < 4.78 is 10.3. The molecule has 2 rings (SSSR count). The predicted molar refractivity (Wildman–Crippen MR) is 117 cm³/mol. The maximum absolute atomic E-state index is 12.7. The molecular formula is C22H26ClN3O5. The van der Waals surface area contributed by atoms with Crippen LogP contribution in [0, 0.1) is 5.92 Å². The van der Waals surface area contributed by atoms with E-state index in [0.717, 1.165) is 0 Å². The van der Waals surface area contributed by atoms with E-state index in [9.17, 15) is 14.4 Å². The molecule has 0 aliphatic carbocycles. The van der Waals surface area contributed by atoms with Crippen LogP contribution in [0.1, 0.15) is 41.0 Å².